The first kappa shape index (κ1) is 12.0. The van der Waals surface area contributed by atoms with Gasteiger partial charge >= 0.3 is 0 Å². The second-order valence-corrected chi connectivity index (χ2v) is 5.05. The molecule has 0 spiro atoms. The molecule has 0 unspecified atom stereocenters. The summed E-state index contributed by atoms with van der Waals surface area (Å²) in [5.74, 6) is 0.708. The minimum absolute atomic E-state index is 0.165. The number of hydrogen-bond donors (Lipinski definition) is 1. The standard InChI is InChI=1S/C10H15NO3S/c1-6-5-9(15(11,12)13)7(2)8(3)10(6)14-4/h5H,1-4H3,(H2,11,12,13). The normalized spacial score (nSPS) is 11.5. The highest BCUT2D eigenvalue weighted by molar-refractivity contribution is 7.89. The van der Waals surface area contributed by atoms with Crippen molar-refractivity contribution in [3.63, 3.8) is 0 Å². The van der Waals surface area contributed by atoms with E-state index in [0.29, 0.717) is 11.3 Å². The number of sulfonamides is 1. The van der Waals surface area contributed by atoms with Crippen molar-refractivity contribution >= 4 is 10.0 Å². The van der Waals surface area contributed by atoms with Gasteiger partial charge in [0.15, 0.2) is 0 Å². The van der Waals surface area contributed by atoms with E-state index in [1.165, 1.54) is 6.07 Å². The van der Waals surface area contributed by atoms with Gasteiger partial charge in [-0.15, -0.1) is 0 Å². The van der Waals surface area contributed by atoms with Crippen LogP contribution in [0.4, 0.5) is 0 Å². The summed E-state index contributed by atoms with van der Waals surface area (Å²) in [6, 6.07) is 1.54. The van der Waals surface area contributed by atoms with E-state index in [-0.39, 0.29) is 4.90 Å². The molecule has 1 rings (SSSR count). The summed E-state index contributed by atoms with van der Waals surface area (Å²) < 4.78 is 27.8. The number of rotatable bonds is 2. The van der Waals surface area contributed by atoms with E-state index in [0.717, 1.165) is 11.1 Å². The summed E-state index contributed by atoms with van der Waals surface area (Å²) >= 11 is 0. The molecule has 5 heteroatoms. The summed E-state index contributed by atoms with van der Waals surface area (Å²) in [6.45, 7) is 5.33. The van der Waals surface area contributed by atoms with Gasteiger partial charge in [0.05, 0.1) is 12.0 Å². The molecule has 4 nitrogen and oxygen atoms in total. The topological polar surface area (TPSA) is 69.4 Å². The molecule has 0 aliphatic rings. The van der Waals surface area contributed by atoms with Crippen LogP contribution in [0.3, 0.4) is 0 Å². The van der Waals surface area contributed by atoms with E-state index in [1.807, 2.05) is 6.92 Å². The fraction of sp³-hybridized carbons (Fsp3) is 0.400. The Morgan fingerprint density at radius 3 is 2.13 bits per heavy atom. The van der Waals surface area contributed by atoms with Crippen molar-refractivity contribution in [2.75, 3.05) is 7.11 Å². The van der Waals surface area contributed by atoms with Crippen LogP contribution in [0.25, 0.3) is 0 Å². The Hall–Kier alpha value is -1.07. The second kappa shape index (κ2) is 3.83. The van der Waals surface area contributed by atoms with Crippen LogP contribution in [0.5, 0.6) is 5.75 Å². The minimum atomic E-state index is -3.66. The molecule has 0 bridgehead atoms. The van der Waals surface area contributed by atoms with Crippen molar-refractivity contribution in [3.8, 4) is 5.75 Å². The lowest BCUT2D eigenvalue weighted by atomic mass is 10.1. The van der Waals surface area contributed by atoms with E-state index in [1.54, 1.807) is 21.0 Å². The third-order valence-corrected chi connectivity index (χ3v) is 3.53. The molecule has 1 aromatic carbocycles. The summed E-state index contributed by atoms with van der Waals surface area (Å²) in [5.41, 5.74) is 2.21. The van der Waals surface area contributed by atoms with E-state index >= 15 is 0 Å². The second-order valence-electron chi connectivity index (χ2n) is 3.52. The fourth-order valence-electron chi connectivity index (χ4n) is 1.63. The molecule has 0 amide bonds. The summed E-state index contributed by atoms with van der Waals surface area (Å²) in [7, 11) is -2.10. The number of nitrogens with two attached hydrogens (primary N) is 1. The molecule has 0 heterocycles. The van der Waals surface area contributed by atoms with Gasteiger partial charge in [-0.2, -0.15) is 0 Å². The zero-order valence-electron chi connectivity index (χ0n) is 9.29. The van der Waals surface area contributed by atoms with Crippen LogP contribution in [0.15, 0.2) is 11.0 Å². The average molecular weight is 229 g/mol. The Morgan fingerprint density at radius 1 is 1.20 bits per heavy atom. The van der Waals surface area contributed by atoms with Gasteiger partial charge in [-0.3, -0.25) is 0 Å². The first-order valence-electron chi connectivity index (χ1n) is 4.46. The van der Waals surface area contributed by atoms with Crippen molar-refractivity contribution in [2.24, 2.45) is 5.14 Å². The number of primary sulfonamides is 1. The van der Waals surface area contributed by atoms with Crippen LogP contribution < -0.4 is 9.88 Å². The third kappa shape index (κ3) is 2.13. The lowest BCUT2D eigenvalue weighted by Gasteiger charge is -2.14. The van der Waals surface area contributed by atoms with Gasteiger partial charge in [-0.05, 0) is 43.5 Å². The van der Waals surface area contributed by atoms with E-state index in [4.69, 9.17) is 9.88 Å². The molecule has 2 N–H and O–H groups in total. The zero-order chi connectivity index (χ0) is 11.8. The van der Waals surface area contributed by atoms with Gasteiger partial charge in [0, 0.05) is 0 Å². The van der Waals surface area contributed by atoms with Crippen LogP contribution >= 0.6 is 0 Å². The lowest BCUT2D eigenvalue weighted by Crippen LogP contribution is -2.15. The average Bonchev–Trinajstić information content (AvgIpc) is 2.10. The van der Waals surface area contributed by atoms with Crippen molar-refractivity contribution in [1.82, 2.24) is 0 Å². The number of aryl methyl sites for hydroxylation is 1. The number of hydrogen-bond acceptors (Lipinski definition) is 3. The minimum Gasteiger partial charge on any atom is -0.496 e. The molecule has 0 aliphatic carbocycles. The molecule has 0 atom stereocenters. The van der Waals surface area contributed by atoms with Crippen LogP contribution in [0.1, 0.15) is 16.7 Å². The maximum absolute atomic E-state index is 11.3. The van der Waals surface area contributed by atoms with Crippen molar-refractivity contribution in [1.29, 1.82) is 0 Å². The highest BCUT2D eigenvalue weighted by Gasteiger charge is 2.17. The smallest absolute Gasteiger partial charge is 0.238 e. The Labute approximate surface area is 90.1 Å². The lowest BCUT2D eigenvalue weighted by molar-refractivity contribution is 0.407. The van der Waals surface area contributed by atoms with Crippen LogP contribution in [-0.4, -0.2) is 15.5 Å². The van der Waals surface area contributed by atoms with Crippen LogP contribution in [0.2, 0.25) is 0 Å². The molecular formula is C10H15NO3S. The van der Waals surface area contributed by atoms with Crippen LogP contribution in [0, 0.1) is 20.8 Å². The highest BCUT2D eigenvalue weighted by Crippen LogP contribution is 2.30. The molecule has 84 valence electrons. The molecular weight excluding hydrogens is 214 g/mol. The van der Waals surface area contributed by atoms with Crippen molar-refractivity contribution < 1.29 is 13.2 Å². The first-order chi connectivity index (χ1) is 6.79. The van der Waals surface area contributed by atoms with E-state index in [9.17, 15) is 8.42 Å². The van der Waals surface area contributed by atoms with Crippen molar-refractivity contribution in [2.45, 2.75) is 25.7 Å². The number of methoxy groups -OCH3 is 1. The molecule has 0 saturated carbocycles. The predicted octanol–water partition coefficient (Wildman–Crippen LogP) is 1.27. The monoisotopic (exact) mass is 229 g/mol. The molecule has 0 radical (unpaired) electrons. The predicted molar refractivity (Wildman–Crippen MR) is 58.6 cm³/mol. The molecule has 15 heavy (non-hydrogen) atoms. The number of ether oxygens (including phenoxy) is 1. The molecule has 0 saturated heterocycles. The van der Waals surface area contributed by atoms with Gasteiger partial charge in [-0.25, -0.2) is 13.6 Å². The molecule has 0 aliphatic heterocycles. The van der Waals surface area contributed by atoms with Gasteiger partial charge in [0.1, 0.15) is 5.75 Å². The highest BCUT2D eigenvalue weighted by atomic mass is 32.2. The zero-order valence-corrected chi connectivity index (χ0v) is 10.1. The molecule has 0 fully saturated rings. The van der Waals surface area contributed by atoms with Crippen LogP contribution in [-0.2, 0) is 10.0 Å². The molecule has 1 aromatic rings. The largest absolute Gasteiger partial charge is 0.496 e. The van der Waals surface area contributed by atoms with E-state index < -0.39 is 10.0 Å². The maximum atomic E-state index is 11.3. The first-order valence-corrected chi connectivity index (χ1v) is 6.01. The Bertz CT molecular complexity index is 492. The van der Waals surface area contributed by atoms with Gasteiger partial charge in [0.25, 0.3) is 0 Å². The van der Waals surface area contributed by atoms with Crippen molar-refractivity contribution in [3.05, 3.63) is 22.8 Å². The Balaban J connectivity index is 3.62. The van der Waals surface area contributed by atoms with E-state index in [2.05, 4.69) is 0 Å². The molecule has 0 aromatic heterocycles. The Morgan fingerprint density at radius 2 is 1.73 bits per heavy atom. The summed E-state index contributed by atoms with van der Waals surface area (Å²) in [5, 5.41) is 5.12. The van der Waals surface area contributed by atoms with Gasteiger partial charge in [0.2, 0.25) is 10.0 Å². The number of benzene rings is 1. The summed E-state index contributed by atoms with van der Waals surface area (Å²) in [6.07, 6.45) is 0. The van der Waals surface area contributed by atoms with Gasteiger partial charge < -0.3 is 4.74 Å². The maximum Gasteiger partial charge on any atom is 0.238 e. The third-order valence-electron chi connectivity index (χ3n) is 2.49. The summed E-state index contributed by atoms with van der Waals surface area (Å²) in [4.78, 5) is 0.165. The fourth-order valence-corrected chi connectivity index (χ4v) is 2.55. The Kier molecular flexibility index (Phi) is 3.06. The van der Waals surface area contributed by atoms with Gasteiger partial charge in [-0.1, -0.05) is 0 Å². The SMILES string of the molecule is COc1c(C)cc(S(N)(=O)=O)c(C)c1C. The quantitative estimate of drug-likeness (QED) is 0.830.